The highest BCUT2D eigenvalue weighted by Gasteiger charge is 2.31. The van der Waals surface area contributed by atoms with E-state index in [0.717, 1.165) is 32.1 Å². The van der Waals surface area contributed by atoms with Gasteiger partial charge in [0.2, 0.25) is 0 Å². The van der Waals surface area contributed by atoms with Gasteiger partial charge in [-0.1, -0.05) is 12.1 Å². The van der Waals surface area contributed by atoms with E-state index < -0.39 is 11.7 Å². The van der Waals surface area contributed by atoms with Gasteiger partial charge >= 0.3 is 11.9 Å². The molecule has 0 aliphatic carbocycles. The second-order valence-corrected chi connectivity index (χ2v) is 7.16. The number of benzene rings is 1. The van der Waals surface area contributed by atoms with E-state index in [9.17, 15) is 18.0 Å². The molecule has 1 aliphatic heterocycles. The maximum Gasteiger partial charge on any atom is 0.416 e. The second-order valence-electron chi connectivity index (χ2n) is 7.16. The molecule has 1 fully saturated rings. The zero-order valence-electron chi connectivity index (χ0n) is 16.3. The summed E-state index contributed by atoms with van der Waals surface area (Å²) >= 11 is 0. The number of halogens is 4. The number of alkyl halides is 3. The van der Waals surface area contributed by atoms with Crippen LogP contribution in [0.2, 0.25) is 0 Å². The normalized spacial score (nSPS) is 15.4. The van der Waals surface area contributed by atoms with Gasteiger partial charge in [-0.2, -0.15) is 13.2 Å². The minimum Gasteiger partial charge on any atom is -0.369 e. The molecule has 0 spiro atoms. The third kappa shape index (κ3) is 4.79. The molecule has 0 saturated carbocycles. The molecule has 1 aliphatic rings. The molecule has 2 aromatic heterocycles. The van der Waals surface area contributed by atoms with Crippen LogP contribution >= 0.6 is 12.4 Å². The first kappa shape index (κ1) is 22.2. The van der Waals surface area contributed by atoms with Gasteiger partial charge in [-0.25, -0.2) is 9.48 Å². The van der Waals surface area contributed by atoms with Crippen LogP contribution < -0.4 is 10.6 Å². The predicted octanol–water partition coefficient (Wildman–Crippen LogP) is 3.15. The quantitative estimate of drug-likeness (QED) is 0.610. The van der Waals surface area contributed by atoms with Crippen LogP contribution in [0.15, 0.2) is 53.5 Å². The van der Waals surface area contributed by atoms with Crippen molar-refractivity contribution in [2.75, 3.05) is 37.6 Å². The molecule has 30 heavy (non-hydrogen) atoms. The van der Waals surface area contributed by atoms with E-state index >= 15 is 0 Å². The number of piperazine rings is 1. The largest absolute Gasteiger partial charge is 0.416 e. The highest BCUT2D eigenvalue weighted by Crippen LogP contribution is 2.31. The van der Waals surface area contributed by atoms with E-state index in [1.807, 2.05) is 11.0 Å². The number of rotatable bonds is 5. The Morgan fingerprint density at radius 3 is 2.43 bits per heavy atom. The van der Waals surface area contributed by atoms with Crippen molar-refractivity contribution in [3.63, 3.8) is 0 Å². The van der Waals surface area contributed by atoms with Crippen molar-refractivity contribution in [3.8, 4) is 0 Å². The Kier molecular flexibility index (Phi) is 6.72. The minimum atomic E-state index is -4.33. The molecule has 1 saturated heterocycles. The Labute approximate surface area is 177 Å². The van der Waals surface area contributed by atoms with Crippen LogP contribution in [0.3, 0.4) is 0 Å². The molecule has 3 heterocycles. The Morgan fingerprint density at radius 2 is 1.73 bits per heavy atom. The molecular formula is C20H23ClF3N5O. The van der Waals surface area contributed by atoms with Gasteiger partial charge in [0.15, 0.2) is 5.65 Å². The van der Waals surface area contributed by atoms with E-state index in [1.165, 1.54) is 21.2 Å². The smallest absolute Gasteiger partial charge is 0.369 e. The second kappa shape index (κ2) is 9.09. The Hall–Kier alpha value is -2.52. The van der Waals surface area contributed by atoms with Crippen LogP contribution in [-0.4, -0.2) is 51.8 Å². The predicted molar refractivity (Wildman–Crippen MR) is 111 cm³/mol. The topological polar surface area (TPSA) is 45.8 Å². The van der Waals surface area contributed by atoms with Gasteiger partial charge < -0.3 is 4.90 Å². The fraction of sp³-hybridized carbons (Fsp3) is 0.400. The summed E-state index contributed by atoms with van der Waals surface area (Å²) in [5, 5.41) is 4.32. The number of aromatic nitrogens is 3. The summed E-state index contributed by atoms with van der Waals surface area (Å²) in [6.07, 6.45) is -1.84. The third-order valence-corrected chi connectivity index (χ3v) is 5.24. The van der Waals surface area contributed by atoms with E-state index in [-0.39, 0.29) is 18.1 Å². The van der Waals surface area contributed by atoms with E-state index in [4.69, 9.17) is 0 Å². The van der Waals surface area contributed by atoms with Gasteiger partial charge in [0.25, 0.3) is 0 Å². The SMILES string of the molecule is Cl.O=c1n(CCCN2CCN(c3cccc(C(F)(F)F)c3)CC2)nc2ccccn12. The lowest BCUT2D eigenvalue weighted by Gasteiger charge is -2.36. The first-order valence-corrected chi connectivity index (χ1v) is 9.60. The molecule has 10 heteroatoms. The van der Waals surface area contributed by atoms with Crippen LogP contribution in [0, 0.1) is 0 Å². The standard InChI is InChI=1S/C20H22F3N5O.ClH/c21-20(22,23)16-5-3-6-17(15-16)26-13-11-25(12-14-26)8-4-10-28-19(29)27-9-2-1-7-18(27)24-28;/h1-3,5-7,9,15H,4,8,10-14H2;1H. The molecular weight excluding hydrogens is 419 g/mol. The molecule has 0 amide bonds. The zero-order valence-corrected chi connectivity index (χ0v) is 17.1. The van der Waals surface area contributed by atoms with Crippen LogP contribution in [-0.2, 0) is 12.7 Å². The number of hydrogen-bond donors (Lipinski definition) is 0. The maximum atomic E-state index is 12.9. The van der Waals surface area contributed by atoms with Crippen molar-refractivity contribution in [2.24, 2.45) is 0 Å². The van der Waals surface area contributed by atoms with Gasteiger partial charge in [0.05, 0.1) is 5.56 Å². The van der Waals surface area contributed by atoms with Gasteiger partial charge in [-0.05, 0) is 36.8 Å². The summed E-state index contributed by atoms with van der Waals surface area (Å²) in [5.41, 5.74) is 0.480. The number of aryl methyl sites for hydroxylation is 1. The summed E-state index contributed by atoms with van der Waals surface area (Å²) in [4.78, 5) is 16.5. The lowest BCUT2D eigenvalue weighted by Crippen LogP contribution is -2.46. The van der Waals surface area contributed by atoms with Gasteiger partial charge in [-0.15, -0.1) is 17.5 Å². The van der Waals surface area contributed by atoms with E-state index in [1.54, 1.807) is 24.4 Å². The first-order valence-electron chi connectivity index (χ1n) is 9.60. The van der Waals surface area contributed by atoms with Crippen molar-refractivity contribution in [1.29, 1.82) is 0 Å². The maximum absolute atomic E-state index is 12.9. The summed E-state index contributed by atoms with van der Waals surface area (Å²) in [6.45, 7) is 4.25. The zero-order chi connectivity index (χ0) is 20.4. The molecule has 0 N–H and O–H groups in total. The fourth-order valence-electron chi connectivity index (χ4n) is 3.67. The van der Waals surface area contributed by atoms with Gasteiger partial charge in [0.1, 0.15) is 0 Å². The van der Waals surface area contributed by atoms with Crippen molar-refractivity contribution in [1.82, 2.24) is 19.1 Å². The van der Waals surface area contributed by atoms with E-state index in [0.29, 0.717) is 31.0 Å². The summed E-state index contributed by atoms with van der Waals surface area (Å²) in [6, 6.07) is 10.9. The highest BCUT2D eigenvalue weighted by atomic mass is 35.5. The molecule has 0 radical (unpaired) electrons. The monoisotopic (exact) mass is 441 g/mol. The molecule has 0 atom stereocenters. The number of nitrogens with zero attached hydrogens (tertiary/aromatic N) is 5. The first-order chi connectivity index (χ1) is 13.9. The Morgan fingerprint density at radius 1 is 0.967 bits per heavy atom. The van der Waals surface area contributed by atoms with Crippen molar-refractivity contribution in [3.05, 3.63) is 64.7 Å². The average Bonchev–Trinajstić information content (AvgIpc) is 3.04. The minimum absolute atomic E-state index is 0. The van der Waals surface area contributed by atoms with Crippen molar-refractivity contribution >= 4 is 23.7 Å². The third-order valence-electron chi connectivity index (χ3n) is 5.24. The molecule has 6 nitrogen and oxygen atoms in total. The fourth-order valence-corrected chi connectivity index (χ4v) is 3.67. The van der Waals surface area contributed by atoms with Gasteiger partial charge in [-0.3, -0.25) is 9.30 Å². The Balaban J connectivity index is 0.00000256. The molecule has 1 aromatic carbocycles. The lowest BCUT2D eigenvalue weighted by molar-refractivity contribution is -0.137. The number of hydrogen-bond acceptors (Lipinski definition) is 4. The lowest BCUT2D eigenvalue weighted by atomic mass is 10.1. The molecule has 0 bridgehead atoms. The molecule has 3 aromatic rings. The van der Waals surface area contributed by atoms with Crippen LogP contribution in [0.1, 0.15) is 12.0 Å². The van der Waals surface area contributed by atoms with Crippen LogP contribution in [0.5, 0.6) is 0 Å². The molecule has 162 valence electrons. The highest BCUT2D eigenvalue weighted by molar-refractivity contribution is 5.85. The number of pyridine rings is 1. The van der Waals surface area contributed by atoms with Crippen LogP contribution in [0.4, 0.5) is 18.9 Å². The van der Waals surface area contributed by atoms with Crippen LogP contribution in [0.25, 0.3) is 5.65 Å². The van der Waals surface area contributed by atoms with Crippen molar-refractivity contribution < 1.29 is 13.2 Å². The number of fused-ring (bicyclic) bond motifs is 1. The average molecular weight is 442 g/mol. The Bertz CT molecular complexity index is 1040. The summed E-state index contributed by atoms with van der Waals surface area (Å²) < 4.78 is 41.7. The molecule has 0 unspecified atom stereocenters. The summed E-state index contributed by atoms with van der Waals surface area (Å²) in [7, 11) is 0. The van der Waals surface area contributed by atoms with Gasteiger partial charge in [0, 0.05) is 51.2 Å². The van der Waals surface area contributed by atoms with Crippen molar-refractivity contribution in [2.45, 2.75) is 19.1 Å². The number of anilines is 1. The van der Waals surface area contributed by atoms with E-state index in [2.05, 4.69) is 10.00 Å². The molecule has 4 rings (SSSR count). The summed E-state index contributed by atoms with van der Waals surface area (Å²) in [5.74, 6) is 0.